The van der Waals surface area contributed by atoms with Crippen molar-refractivity contribution in [2.24, 2.45) is 0 Å². The zero-order valence-corrected chi connectivity index (χ0v) is 14.6. The summed E-state index contributed by atoms with van der Waals surface area (Å²) in [5.74, 6) is 1.78. The number of benzene rings is 3. The van der Waals surface area contributed by atoms with Crippen LogP contribution in [0, 0.1) is 6.92 Å². The molecule has 0 radical (unpaired) electrons. The zero-order chi connectivity index (χ0) is 17.2. The molecule has 0 aliphatic rings. The molecule has 0 saturated carbocycles. The summed E-state index contributed by atoms with van der Waals surface area (Å²) in [5, 5.41) is 0.722. The van der Waals surface area contributed by atoms with E-state index in [9.17, 15) is 0 Å². The van der Waals surface area contributed by atoms with Crippen LogP contribution in [0.4, 0.5) is 0 Å². The average Bonchev–Trinajstić information content (AvgIpc) is 3.01. The van der Waals surface area contributed by atoms with Crippen LogP contribution in [0.5, 0.6) is 0 Å². The van der Waals surface area contributed by atoms with Crippen LogP contribution in [0.25, 0.3) is 33.8 Å². The predicted molar refractivity (Wildman–Crippen MR) is 105 cm³/mol. The minimum absolute atomic E-state index is 0.722. The molecule has 4 aromatic rings. The summed E-state index contributed by atoms with van der Waals surface area (Å²) in [6.45, 7) is 2.11. The van der Waals surface area contributed by atoms with Crippen molar-refractivity contribution < 1.29 is 4.42 Å². The van der Waals surface area contributed by atoms with Gasteiger partial charge in [0.15, 0.2) is 0 Å². The highest BCUT2D eigenvalue weighted by molar-refractivity contribution is 6.30. The lowest BCUT2D eigenvalue weighted by molar-refractivity contribution is 0.596. The van der Waals surface area contributed by atoms with E-state index < -0.39 is 0 Å². The van der Waals surface area contributed by atoms with Crippen LogP contribution in [-0.4, -0.2) is 0 Å². The zero-order valence-electron chi connectivity index (χ0n) is 13.9. The number of hydrogen-bond acceptors (Lipinski definition) is 1. The summed E-state index contributed by atoms with van der Waals surface area (Å²) in [6, 6.07) is 28.4. The maximum absolute atomic E-state index is 6.37. The Kier molecular flexibility index (Phi) is 4.17. The molecular formula is C23H17ClO. The lowest BCUT2D eigenvalue weighted by Crippen LogP contribution is -1.83. The van der Waals surface area contributed by atoms with Crippen LogP contribution in [0.3, 0.4) is 0 Å². The molecule has 1 heterocycles. The van der Waals surface area contributed by atoms with E-state index in [0.29, 0.717) is 0 Å². The summed E-state index contributed by atoms with van der Waals surface area (Å²) < 4.78 is 6.37. The normalized spacial score (nSPS) is 10.8. The van der Waals surface area contributed by atoms with Crippen molar-refractivity contribution in [1.29, 1.82) is 0 Å². The van der Waals surface area contributed by atoms with Gasteiger partial charge in [-0.1, -0.05) is 72.3 Å². The molecule has 3 aromatic carbocycles. The van der Waals surface area contributed by atoms with Crippen molar-refractivity contribution in [2.45, 2.75) is 6.92 Å². The second kappa shape index (κ2) is 6.62. The third-order valence-electron chi connectivity index (χ3n) is 4.35. The smallest absolute Gasteiger partial charge is 0.142 e. The summed E-state index contributed by atoms with van der Waals surface area (Å²) in [5.41, 5.74) is 5.53. The maximum atomic E-state index is 6.37. The second-order valence-electron chi connectivity index (χ2n) is 6.00. The van der Waals surface area contributed by atoms with E-state index in [1.807, 2.05) is 48.5 Å². The molecule has 0 aliphatic heterocycles. The minimum atomic E-state index is 0.722. The van der Waals surface area contributed by atoms with E-state index in [1.165, 1.54) is 0 Å². The quantitative estimate of drug-likeness (QED) is 0.381. The maximum Gasteiger partial charge on any atom is 0.142 e. The standard InChI is InChI=1S/C23H17ClO/c1-16-21(17-8-4-2-5-9-17)23(18-10-6-3-7-11-18)25-22(16)19-12-14-20(24)15-13-19/h2-15H,1H3. The fourth-order valence-electron chi connectivity index (χ4n) is 3.14. The van der Waals surface area contributed by atoms with E-state index >= 15 is 0 Å². The molecule has 0 amide bonds. The van der Waals surface area contributed by atoms with E-state index in [1.54, 1.807) is 0 Å². The molecule has 0 unspecified atom stereocenters. The van der Waals surface area contributed by atoms with Crippen molar-refractivity contribution in [3.8, 4) is 33.8 Å². The second-order valence-corrected chi connectivity index (χ2v) is 6.44. The molecule has 122 valence electrons. The first-order chi connectivity index (χ1) is 12.2. The van der Waals surface area contributed by atoms with Gasteiger partial charge in [0, 0.05) is 27.3 Å². The molecule has 25 heavy (non-hydrogen) atoms. The van der Waals surface area contributed by atoms with Gasteiger partial charge < -0.3 is 4.42 Å². The van der Waals surface area contributed by atoms with Gasteiger partial charge in [-0.15, -0.1) is 0 Å². The van der Waals surface area contributed by atoms with Crippen LogP contribution in [-0.2, 0) is 0 Å². The Balaban J connectivity index is 1.97. The highest BCUT2D eigenvalue weighted by Crippen LogP contribution is 2.42. The molecule has 0 N–H and O–H groups in total. The Morgan fingerprint density at radius 1 is 0.600 bits per heavy atom. The molecule has 0 bridgehead atoms. The van der Waals surface area contributed by atoms with Crippen molar-refractivity contribution in [1.82, 2.24) is 0 Å². The molecule has 0 atom stereocenters. The molecule has 0 fully saturated rings. The van der Waals surface area contributed by atoms with Crippen molar-refractivity contribution in [3.05, 3.63) is 95.5 Å². The van der Waals surface area contributed by atoms with Gasteiger partial charge in [0.25, 0.3) is 0 Å². The number of rotatable bonds is 3. The molecule has 0 aliphatic carbocycles. The van der Waals surface area contributed by atoms with Gasteiger partial charge in [-0.05, 0) is 36.8 Å². The first-order valence-corrected chi connectivity index (χ1v) is 8.62. The SMILES string of the molecule is Cc1c(-c2ccc(Cl)cc2)oc(-c2ccccc2)c1-c1ccccc1. The topological polar surface area (TPSA) is 13.1 Å². The highest BCUT2D eigenvalue weighted by Gasteiger charge is 2.20. The van der Waals surface area contributed by atoms with Crippen molar-refractivity contribution >= 4 is 11.6 Å². The summed E-state index contributed by atoms with van der Waals surface area (Å²) >= 11 is 6.04. The summed E-state index contributed by atoms with van der Waals surface area (Å²) in [7, 11) is 0. The van der Waals surface area contributed by atoms with E-state index in [2.05, 4.69) is 43.3 Å². The number of halogens is 1. The monoisotopic (exact) mass is 344 g/mol. The minimum Gasteiger partial charge on any atom is -0.455 e. The molecule has 0 spiro atoms. The van der Waals surface area contributed by atoms with Crippen molar-refractivity contribution in [2.75, 3.05) is 0 Å². The Morgan fingerprint density at radius 2 is 1.12 bits per heavy atom. The Hall–Kier alpha value is -2.77. The Labute approximate surface area is 152 Å². The van der Waals surface area contributed by atoms with Gasteiger partial charge in [-0.25, -0.2) is 0 Å². The van der Waals surface area contributed by atoms with Crippen LogP contribution in [0.15, 0.2) is 89.3 Å². The first kappa shape index (κ1) is 15.7. The largest absolute Gasteiger partial charge is 0.455 e. The van der Waals surface area contributed by atoms with Gasteiger partial charge >= 0.3 is 0 Å². The third kappa shape index (κ3) is 2.99. The van der Waals surface area contributed by atoms with Crippen molar-refractivity contribution in [3.63, 3.8) is 0 Å². The molecule has 1 nitrogen and oxygen atoms in total. The lowest BCUT2D eigenvalue weighted by atomic mass is 9.96. The summed E-state index contributed by atoms with van der Waals surface area (Å²) in [4.78, 5) is 0. The van der Waals surface area contributed by atoms with Crippen LogP contribution < -0.4 is 0 Å². The van der Waals surface area contributed by atoms with Crippen LogP contribution in [0.2, 0.25) is 5.02 Å². The third-order valence-corrected chi connectivity index (χ3v) is 4.60. The molecule has 4 rings (SSSR count). The lowest BCUT2D eigenvalue weighted by Gasteiger charge is -2.04. The van der Waals surface area contributed by atoms with Gasteiger partial charge in [0.1, 0.15) is 11.5 Å². The fourth-order valence-corrected chi connectivity index (χ4v) is 3.26. The van der Waals surface area contributed by atoms with Crippen LogP contribution >= 0.6 is 11.6 Å². The number of hydrogen-bond donors (Lipinski definition) is 0. The van der Waals surface area contributed by atoms with E-state index in [-0.39, 0.29) is 0 Å². The molecule has 0 saturated heterocycles. The van der Waals surface area contributed by atoms with Crippen LogP contribution in [0.1, 0.15) is 5.56 Å². The summed E-state index contributed by atoms with van der Waals surface area (Å²) in [6.07, 6.45) is 0. The average molecular weight is 345 g/mol. The van der Waals surface area contributed by atoms with Gasteiger partial charge in [-0.2, -0.15) is 0 Å². The predicted octanol–water partition coefficient (Wildman–Crippen LogP) is 7.24. The first-order valence-electron chi connectivity index (χ1n) is 8.24. The number of furan rings is 1. The molecular weight excluding hydrogens is 328 g/mol. The van der Waals surface area contributed by atoms with E-state index in [4.69, 9.17) is 16.0 Å². The Bertz CT molecular complexity index is 984. The fraction of sp³-hybridized carbons (Fsp3) is 0.0435. The highest BCUT2D eigenvalue weighted by atomic mass is 35.5. The van der Waals surface area contributed by atoms with Gasteiger partial charge in [0.2, 0.25) is 0 Å². The van der Waals surface area contributed by atoms with Gasteiger partial charge in [-0.3, -0.25) is 0 Å². The van der Waals surface area contributed by atoms with Gasteiger partial charge in [0.05, 0.1) is 0 Å². The van der Waals surface area contributed by atoms with E-state index in [0.717, 1.165) is 44.4 Å². The molecule has 1 aromatic heterocycles. The Morgan fingerprint density at radius 3 is 1.72 bits per heavy atom. The molecule has 2 heteroatoms.